The number of nitrogens with one attached hydrogen (secondary N) is 1. The van der Waals surface area contributed by atoms with Crippen LogP contribution < -0.4 is 5.32 Å². The van der Waals surface area contributed by atoms with Gasteiger partial charge in [-0.2, -0.15) is 0 Å². The fourth-order valence-corrected chi connectivity index (χ4v) is 3.14. The first-order chi connectivity index (χ1) is 12.0. The number of hydrogen-bond donors (Lipinski definition) is 1. The molecule has 2 atom stereocenters. The second kappa shape index (κ2) is 9.42. The van der Waals surface area contributed by atoms with Crippen molar-refractivity contribution in [3.63, 3.8) is 0 Å². The number of amides is 1. The molecule has 1 aromatic carbocycles. The molecule has 0 aliphatic heterocycles. The van der Waals surface area contributed by atoms with Crippen LogP contribution >= 0.6 is 0 Å². The summed E-state index contributed by atoms with van der Waals surface area (Å²) in [7, 11) is 0. The third-order valence-corrected chi connectivity index (χ3v) is 4.79. The third kappa shape index (κ3) is 5.46. The molecule has 0 aliphatic rings. The molecule has 1 N–H and O–H groups in total. The van der Waals surface area contributed by atoms with Crippen molar-refractivity contribution in [2.45, 2.75) is 46.1 Å². The fraction of sp³-hybridized carbons (Fsp3) is 0.476. The van der Waals surface area contributed by atoms with Gasteiger partial charge in [0.1, 0.15) is 5.76 Å². The molecule has 0 spiro atoms. The zero-order chi connectivity index (χ0) is 18.2. The predicted molar refractivity (Wildman–Crippen MR) is 102 cm³/mol. The van der Waals surface area contributed by atoms with Crippen LogP contribution in [0, 0.1) is 6.92 Å². The average Bonchev–Trinajstić information content (AvgIpc) is 3.13. The maximum absolute atomic E-state index is 12.9. The molecule has 0 aliphatic carbocycles. The first-order valence-corrected chi connectivity index (χ1v) is 9.15. The molecule has 1 aromatic heterocycles. The van der Waals surface area contributed by atoms with Gasteiger partial charge in [0.2, 0.25) is 5.91 Å². The van der Waals surface area contributed by atoms with Crippen molar-refractivity contribution in [3.05, 3.63) is 59.5 Å². The van der Waals surface area contributed by atoms with Crippen molar-refractivity contribution in [2.24, 2.45) is 0 Å². The van der Waals surface area contributed by atoms with Crippen LogP contribution in [0.2, 0.25) is 0 Å². The summed E-state index contributed by atoms with van der Waals surface area (Å²) >= 11 is 0. The number of carbonyl (C=O) groups is 1. The van der Waals surface area contributed by atoms with Crippen molar-refractivity contribution >= 4 is 5.91 Å². The summed E-state index contributed by atoms with van der Waals surface area (Å²) in [5.41, 5.74) is 2.21. The van der Waals surface area contributed by atoms with Crippen molar-refractivity contribution < 1.29 is 9.21 Å². The van der Waals surface area contributed by atoms with E-state index in [-0.39, 0.29) is 11.8 Å². The van der Waals surface area contributed by atoms with E-state index in [1.54, 1.807) is 6.26 Å². The summed E-state index contributed by atoms with van der Waals surface area (Å²) in [5, 5.41) is 3.13. The first kappa shape index (κ1) is 19.3. The number of hydrogen-bond acceptors (Lipinski definition) is 3. The lowest BCUT2D eigenvalue weighted by atomic mass is 9.93. The number of likely N-dealkylation sites (N-methyl/N-ethyl adjacent to an activating group) is 1. The Balaban J connectivity index is 2.08. The molecule has 136 valence electrons. The van der Waals surface area contributed by atoms with E-state index in [9.17, 15) is 4.79 Å². The van der Waals surface area contributed by atoms with E-state index < -0.39 is 0 Å². The van der Waals surface area contributed by atoms with Crippen LogP contribution in [0.25, 0.3) is 0 Å². The topological polar surface area (TPSA) is 45.5 Å². The highest BCUT2D eigenvalue weighted by Gasteiger charge is 2.23. The number of benzene rings is 1. The summed E-state index contributed by atoms with van der Waals surface area (Å²) in [4.78, 5) is 15.2. The lowest BCUT2D eigenvalue weighted by molar-refractivity contribution is -0.122. The second-order valence-corrected chi connectivity index (χ2v) is 6.56. The standard InChI is InChI=1S/C21H30N2O2/c1-5-23(6-2)17(4)15-22-21(24)20(14-19-8-7-13-25-19)18-11-9-16(3)10-12-18/h7-13,17,20H,5-6,14-15H2,1-4H3,(H,22,24). The van der Waals surface area contributed by atoms with E-state index in [0.717, 1.165) is 24.4 Å². The summed E-state index contributed by atoms with van der Waals surface area (Å²) in [6.45, 7) is 11.1. The maximum atomic E-state index is 12.9. The van der Waals surface area contributed by atoms with Gasteiger partial charge in [-0.1, -0.05) is 43.7 Å². The van der Waals surface area contributed by atoms with E-state index in [2.05, 4.69) is 50.0 Å². The number of furan rings is 1. The van der Waals surface area contributed by atoms with Crippen LogP contribution in [0.3, 0.4) is 0 Å². The number of rotatable bonds is 9. The van der Waals surface area contributed by atoms with Gasteiger partial charge in [-0.05, 0) is 44.6 Å². The van der Waals surface area contributed by atoms with Crippen LogP contribution in [0.4, 0.5) is 0 Å². The van der Waals surface area contributed by atoms with Gasteiger partial charge in [-0.3, -0.25) is 9.69 Å². The van der Waals surface area contributed by atoms with Crippen LogP contribution in [-0.2, 0) is 11.2 Å². The van der Waals surface area contributed by atoms with Crippen molar-refractivity contribution in [2.75, 3.05) is 19.6 Å². The van der Waals surface area contributed by atoms with Gasteiger partial charge in [0.15, 0.2) is 0 Å². The lowest BCUT2D eigenvalue weighted by Gasteiger charge is -2.27. The Morgan fingerprint density at radius 1 is 1.16 bits per heavy atom. The van der Waals surface area contributed by atoms with Gasteiger partial charge >= 0.3 is 0 Å². The Morgan fingerprint density at radius 3 is 2.40 bits per heavy atom. The van der Waals surface area contributed by atoms with Crippen LogP contribution in [0.5, 0.6) is 0 Å². The predicted octanol–water partition coefficient (Wildman–Crippen LogP) is 3.76. The second-order valence-electron chi connectivity index (χ2n) is 6.56. The van der Waals surface area contributed by atoms with Gasteiger partial charge in [0.25, 0.3) is 0 Å². The molecule has 2 aromatic rings. The molecule has 1 heterocycles. The fourth-order valence-electron chi connectivity index (χ4n) is 3.14. The minimum atomic E-state index is -0.240. The van der Waals surface area contributed by atoms with Gasteiger partial charge in [0, 0.05) is 19.0 Å². The molecule has 0 radical (unpaired) electrons. The van der Waals surface area contributed by atoms with Gasteiger partial charge in [-0.15, -0.1) is 0 Å². The van der Waals surface area contributed by atoms with Crippen LogP contribution in [0.1, 0.15) is 43.6 Å². The molecule has 1 amide bonds. The van der Waals surface area contributed by atoms with Gasteiger partial charge < -0.3 is 9.73 Å². The zero-order valence-electron chi connectivity index (χ0n) is 15.8. The normalized spacial score (nSPS) is 13.6. The highest BCUT2D eigenvalue weighted by molar-refractivity contribution is 5.84. The molecule has 0 saturated heterocycles. The first-order valence-electron chi connectivity index (χ1n) is 9.15. The molecule has 25 heavy (non-hydrogen) atoms. The highest BCUT2D eigenvalue weighted by Crippen LogP contribution is 2.22. The molecule has 4 heteroatoms. The molecular formula is C21H30N2O2. The molecule has 0 bridgehead atoms. The molecule has 2 rings (SSSR count). The van der Waals surface area contributed by atoms with Crippen molar-refractivity contribution in [1.82, 2.24) is 10.2 Å². The molecule has 4 nitrogen and oxygen atoms in total. The third-order valence-electron chi connectivity index (χ3n) is 4.79. The molecule has 2 unspecified atom stereocenters. The Hall–Kier alpha value is -2.07. The van der Waals surface area contributed by atoms with E-state index >= 15 is 0 Å². The largest absolute Gasteiger partial charge is 0.469 e. The average molecular weight is 342 g/mol. The van der Waals surface area contributed by atoms with E-state index in [1.807, 2.05) is 24.3 Å². The van der Waals surface area contributed by atoms with Gasteiger partial charge in [-0.25, -0.2) is 0 Å². The quantitative estimate of drug-likeness (QED) is 0.755. The SMILES string of the molecule is CCN(CC)C(C)CNC(=O)C(Cc1ccco1)c1ccc(C)cc1. The van der Waals surface area contributed by atoms with Crippen molar-refractivity contribution in [1.29, 1.82) is 0 Å². The zero-order valence-corrected chi connectivity index (χ0v) is 15.8. The smallest absolute Gasteiger partial charge is 0.228 e. The number of nitrogens with zero attached hydrogens (tertiary/aromatic N) is 1. The van der Waals surface area contributed by atoms with Crippen LogP contribution in [-0.4, -0.2) is 36.5 Å². The van der Waals surface area contributed by atoms with Gasteiger partial charge in [0.05, 0.1) is 12.2 Å². The van der Waals surface area contributed by atoms with E-state index in [4.69, 9.17) is 4.42 Å². The summed E-state index contributed by atoms with van der Waals surface area (Å²) < 4.78 is 5.47. The minimum absolute atomic E-state index is 0.0549. The number of aryl methyl sites for hydroxylation is 1. The molecular weight excluding hydrogens is 312 g/mol. The molecule has 0 fully saturated rings. The Bertz CT molecular complexity index is 630. The minimum Gasteiger partial charge on any atom is -0.469 e. The molecule has 0 saturated carbocycles. The van der Waals surface area contributed by atoms with Crippen molar-refractivity contribution in [3.8, 4) is 0 Å². The Morgan fingerprint density at radius 2 is 1.84 bits per heavy atom. The Kier molecular flexibility index (Phi) is 7.26. The lowest BCUT2D eigenvalue weighted by Crippen LogP contribution is -2.43. The highest BCUT2D eigenvalue weighted by atomic mass is 16.3. The van der Waals surface area contributed by atoms with E-state index in [1.165, 1.54) is 5.56 Å². The monoisotopic (exact) mass is 342 g/mol. The maximum Gasteiger partial charge on any atom is 0.228 e. The summed E-state index contributed by atoms with van der Waals surface area (Å²) in [5.74, 6) is 0.646. The summed E-state index contributed by atoms with van der Waals surface area (Å²) in [6, 6.07) is 12.3. The number of carbonyl (C=O) groups excluding carboxylic acids is 1. The Labute approximate surface area is 151 Å². The van der Waals surface area contributed by atoms with Crippen LogP contribution in [0.15, 0.2) is 47.1 Å². The van der Waals surface area contributed by atoms with E-state index in [0.29, 0.717) is 19.0 Å². The summed E-state index contributed by atoms with van der Waals surface area (Å²) in [6.07, 6.45) is 2.23.